The third kappa shape index (κ3) is 2.04. The first-order valence-corrected chi connectivity index (χ1v) is 6.76. The van der Waals surface area contributed by atoms with Crippen LogP contribution < -0.4 is 0 Å². The quantitative estimate of drug-likeness (QED) is 0.657. The lowest BCUT2D eigenvalue weighted by Crippen LogP contribution is -2.10. The molecule has 0 N–H and O–H groups in total. The van der Waals surface area contributed by atoms with Crippen LogP contribution in [0, 0.1) is 0 Å². The number of hydrogen-bond acceptors (Lipinski definition) is 2. The van der Waals surface area contributed by atoms with Gasteiger partial charge in [0.1, 0.15) is 11.6 Å². The van der Waals surface area contributed by atoms with Crippen LogP contribution in [0.25, 0.3) is 11.0 Å². The molecule has 0 fully saturated rings. The fraction of sp³-hybridized carbons (Fsp3) is 0.267. The summed E-state index contributed by atoms with van der Waals surface area (Å²) in [4.78, 5) is 4.63. The Morgan fingerprint density at radius 3 is 2.63 bits per heavy atom. The van der Waals surface area contributed by atoms with Crippen molar-refractivity contribution >= 4 is 22.6 Å². The molecule has 3 aromatic rings. The molecule has 98 valence electrons. The first-order valence-electron chi connectivity index (χ1n) is 6.33. The number of alkyl halides is 1. The normalized spacial score (nSPS) is 14.7. The summed E-state index contributed by atoms with van der Waals surface area (Å²) < 4.78 is 7.66. The fourth-order valence-electron chi connectivity index (χ4n) is 2.41. The molecule has 0 spiro atoms. The van der Waals surface area contributed by atoms with Gasteiger partial charge in [-0.3, -0.25) is 0 Å². The van der Waals surface area contributed by atoms with Crippen molar-refractivity contribution in [2.45, 2.75) is 25.3 Å². The monoisotopic (exact) mass is 274 g/mol. The van der Waals surface area contributed by atoms with Crippen LogP contribution in [0.3, 0.4) is 0 Å². The minimum Gasteiger partial charge on any atom is -0.467 e. The molecule has 2 unspecified atom stereocenters. The molecule has 0 aliphatic heterocycles. The summed E-state index contributed by atoms with van der Waals surface area (Å²) in [5, 5.41) is -0.148. The second-order valence-electron chi connectivity index (χ2n) is 4.64. The van der Waals surface area contributed by atoms with Gasteiger partial charge in [-0.2, -0.15) is 0 Å². The molecule has 3 nitrogen and oxygen atoms in total. The largest absolute Gasteiger partial charge is 0.467 e. The summed E-state index contributed by atoms with van der Waals surface area (Å²) in [6.07, 6.45) is 1.69. The maximum absolute atomic E-state index is 6.27. The number of halogens is 1. The fourth-order valence-corrected chi connectivity index (χ4v) is 2.56. The number of imidazole rings is 1. The zero-order valence-electron chi connectivity index (χ0n) is 10.9. The summed E-state index contributed by atoms with van der Waals surface area (Å²) in [5.74, 6) is 1.77. The van der Waals surface area contributed by atoms with Crippen LogP contribution in [-0.2, 0) is 0 Å². The molecule has 3 rings (SSSR count). The van der Waals surface area contributed by atoms with Crippen molar-refractivity contribution in [1.29, 1.82) is 0 Å². The van der Waals surface area contributed by atoms with Gasteiger partial charge in [-0.05, 0) is 38.1 Å². The maximum Gasteiger partial charge on any atom is 0.128 e. The SMILES string of the molecule is CC(Cl)c1nc2ccccc2n1C(C)c1ccco1. The molecule has 0 bridgehead atoms. The molecule has 0 aliphatic rings. The van der Waals surface area contributed by atoms with Crippen molar-refractivity contribution in [2.24, 2.45) is 0 Å². The minimum atomic E-state index is -0.148. The zero-order valence-corrected chi connectivity index (χ0v) is 11.6. The average molecular weight is 275 g/mol. The molecule has 2 aromatic heterocycles. The minimum absolute atomic E-state index is 0.0681. The van der Waals surface area contributed by atoms with Crippen molar-refractivity contribution < 1.29 is 4.42 Å². The van der Waals surface area contributed by atoms with E-state index >= 15 is 0 Å². The highest BCUT2D eigenvalue weighted by atomic mass is 35.5. The predicted molar refractivity (Wildman–Crippen MR) is 76.5 cm³/mol. The van der Waals surface area contributed by atoms with E-state index in [4.69, 9.17) is 16.0 Å². The lowest BCUT2D eigenvalue weighted by atomic mass is 10.2. The standard InChI is InChI=1S/C15H15ClN2O/c1-10(16)15-17-12-6-3-4-7-13(12)18(15)11(2)14-8-5-9-19-14/h3-11H,1-2H3. The second kappa shape index (κ2) is 4.74. The Labute approximate surface area is 116 Å². The van der Waals surface area contributed by atoms with Crippen LogP contribution in [0.15, 0.2) is 47.1 Å². The van der Waals surface area contributed by atoms with Crippen LogP contribution in [0.1, 0.15) is 36.9 Å². The van der Waals surface area contributed by atoms with E-state index in [0.29, 0.717) is 0 Å². The van der Waals surface area contributed by atoms with Crippen LogP contribution >= 0.6 is 11.6 Å². The molecule has 2 heterocycles. The summed E-state index contributed by atoms with van der Waals surface area (Å²) in [7, 11) is 0. The molecule has 0 aliphatic carbocycles. The van der Waals surface area contributed by atoms with Gasteiger partial charge in [-0.15, -0.1) is 11.6 Å². The van der Waals surface area contributed by atoms with Gasteiger partial charge < -0.3 is 8.98 Å². The number of benzene rings is 1. The van der Waals surface area contributed by atoms with E-state index in [-0.39, 0.29) is 11.4 Å². The van der Waals surface area contributed by atoms with Gasteiger partial charge in [-0.25, -0.2) is 4.98 Å². The van der Waals surface area contributed by atoms with Crippen LogP contribution in [0.5, 0.6) is 0 Å². The number of aromatic nitrogens is 2. The number of nitrogens with zero attached hydrogens (tertiary/aromatic N) is 2. The Morgan fingerprint density at radius 2 is 1.95 bits per heavy atom. The van der Waals surface area contributed by atoms with Gasteiger partial charge in [0, 0.05) is 0 Å². The molecule has 4 heteroatoms. The van der Waals surface area contributed by atoms with E-state index in [1.54, 1.807) is 6.26 Å². The van der Waals surface area contributed by atoms with E-state index in [0.717, 1.165) is 22.6 Å². The number of para-hydroxylation sites is 2. The summed E-state index contributed by atoms with van der Waals surface area (Å²) in [6.45, 7) is 4.03. The predicted octanol–water partition coefficient (Wildman–Crippen LogP) is 4.54. The number of hydrogen-bond donors (Lipinski definition) is 0. The van der Waals surface area contributed by atoms with Crippen molar-refractivity contribution in [3.05, 3.63) is 54.2 Å². The third-order valence-electron chi connectivity index (χ3n) is 3.32. The van der Waals surface area contributed by atoms with Gasteiger partial charge in [0.15, 0.2) is 0 Å². The van der Waals surface area contributed by atoms with Crippen LogP contribution in [0.4, 0.5) is 0 Å². The van der Waals surface area contributed by atoms with Gasteiger partial charge in [-0.1, -0.05) is 12.1 Å². The average Bonchev–Trinajstić information content (AvgIpc) is 3.05. The van der Waals surface area contributed by atoms with E-state index < -0.39 is 0 Å². The molecule has 0 saturated heterocycles. The Hall–Kier alpha value is -1.74. The van der Waals surface area contributed by atoms with Gasteiger partial charge in [0.25, 0.3) is 0 Å². The van der Waals surface area contributed by atoms with Gasteiger partial charge in [0.05, 0.1) is 28.7 Å². The van der Waals surface area contributed by atoms with Crippen molar-refractivity contribution in [2.75, 3.05) is 0 Å². The molecule has 19 heavy (non-hydrogen) atoms. The van der Waals surface area contributed by atoms with E-state index in [1.807, 2.05) is 37.3 Å². The molecule has 1 aromatic carbocycles. The molecular weight excluding hydrogens is 260 g/mol. The maximum atomic E-state index is 6.27. The topological polar surface area (TPSA) is 31.0 Å². The molecular formula is C15H15ClN2O. The van der Waals surface area contributed by atoms with Crippen LogP contribution in [0.2, 0.25) is 0 Å². The Bertz CT molecular complexity index is 685. The zero-order chi connectivity index (χ0) is 13.4. The van der Waals surface area contributed by atoms with Crippen molar-refractivity contribution in [3.8, 4) is 0 Å². The number of furan rings is 1. The third-order valence-corrected chi connectivity index (χ3v) is 3.52. The van der Waals surface area contributed by atoms with E-state index in [2.05, 4.69) is 22.5 Å². The Balaban J connectivity index is 2.23. The molecule has 0 radical (unpaired) electrons. The lowest BCUT2D eigenvalue weighted by molar-refractivity contribution is 0.444. The second-order valence-corrected chi connectivity index (χ2v) is 5.29. The Kier molecular flexibility index (Phi) is 3.07. The van der Waals surface area contributed by atoms with Crippen molar-refractivity contribution in [3.63, 3.8) is 0 Å². The first-order chi connectivity index (χ1) is 9.18. The smallest absolute Gasteiger partial charge is 0.128 e. The van der Waals surface area contributed by atoms with E-state index in [9.17, 15) is 0 Å². The number of rotatable bonds is 3. The van der Waals surface area contributed by atoms with Gasteiger partial charge >= 0.3 is 0 Å². The van der Waals surface area contributed by atoms with E-state index in [1.165, 1.54) is 0 Å². The highest BCUT2D eigenvalue weighted by Gasteiger charge is 2.21. The highest BCUT2D eigenvalue weighted by molar-refractivity contribution is 6.20. The summed E-state index contributed by atoms with van der Waals surface area (Å²) in [5.41, 5.74) is 2.04. The lowest BCUT2D eigenvalue weighted by Gasteiger charge is -2.16. The summed E-state index contributed by atoms with van der Waals surface area (Å²) in [6, 6.07) is 12.0. The van der Waals surface area contributed by atoms with Crippen molar-refractivity contribution in [1.82, 2.24) is 9.55 Å². The molecule has 0 saturated carbocycles. The number of fused-ring (bicyclic) bond motifs is 1. The Morgan fingerprint density at radius 1 is 1.16 bits per heavy atom. The summed E-state index contributed by atoms with van der Waals surface area (Å²) >= 11 is 6.27. The first kappa shape index (κ1) is 12.3. The molecule has 2 atom stereocenters. The van der Waals surface area contributed by atoms with Gasteiger partial charge in [0.2, 0.25) is 0 Å². The molecule has 0 amide bonds. The highest BCUT2D eigenvalue weighted by Crippen LogP contribution is 2.30. The van der Waals surface area contributed by atoms with Crippen LogP contribution in [-0.4, -0.2) is 9.55 Å².